The summed E-state index contributed by atoms with van der Waals surface area (Å²) in [5.41, 5.74) is -0.348. The highest BCUT2D eigenvalue weighted by atomic mass is 16.3. The van der Waals surface area contributed by atoms with Crippen LogP contribution in [0.15, 0.2) is 0 Å². The topological polar surface area (TPSA) is 20.2 Å². The van der Waals surface area contributed by atoms with E-state index in [1.54, 1.807) is 0 Å². The van der Waals surface area contributed by atoms with Gasteiger partial charge in [0.15, 0.2) is 0 Å². The Kier molecular flexibility index (Phi) is 4.18. The van der Waals surface area contributed by atoms with Crippen LogP contribution in [-0.2, 0) is 0 Å². The van der Waals surface area contributed by atoms with E-state index in [1.165, 1.54) is 44.9 Å². The first kappa shape index (κ1) is 13.4. The highest BCUT2D eigenvalue weighted by molar-refractivity contribution is 4.98. The first-order chi connectivity index (χ1) is 8.09. The molecule has 0 saturated heterocycles. The number of rotatable bonds is 2. The van der Waals surface area contributed by atoms with Crippen LogP contribution in [0.4, 0.5) is 0 Å². The zero-order valence-electron chi connectivity index (χ0n) is 11.9. The van der Waals surface area contributed by atoms with Gasteiger partial charge in [-0.2, -0.15) is 0 Å². The molecule has 2 rings (SSSR count). The predicted molar refractivity (Wildman–Crippen MR) is 72.9 cm³/mol. The minimum absolute atomic E-state index is 0.348. The van der Waals surface area contributed by atoms with Crippen molar-refractivity contribution in [1.29, 1.82) is 0 Å². The monoisotopic (exact) mass is 238 g/mol. The molecule has 5 unspecified atom stereocenters. The first-order valence-corrected chi connectivity index (χ1v) is 7.82. The van der Waals surface area contributed by atoms with E-state index < -0.39 is 0 Å². The number of hydrogen-bond donors (Lipinski definition) is 1. The van der Waals surface area contributed by atoms with Gasteiger partial charge in [-0.3, -0.25) is 0 Å². The van der Waals surface area contributed by atoms with Crippen molar-refractivity contribution >= 4 is 0 Å². The zero-order valence-corrected chi connectivity index (χ0v) is 11.9. The molecule has 0 aromatic heterocycles. The second kappa shape index (κ2) is 5.30. The quantitative estimate of drug-likeness (QED) is 0.756. The molecule has 0 radical (unpaired) electrons. The molecule has 17 heavy (non-hydrogen) atoms. The molecule has 0 spiro atoms. The van der Waals surface area contributed by atoms with Gasteiger partial charge in [0.1, 0.15) is 0 Å². The largest absolute Gasteiger partial charge is 0.389 e. The highest BCUT2D eigenvalue weighted by Crippen LogP contribution is 2.49. The van der Waals surface area contributed by atoms with Crippen molar-refractivity contribution in [3.05, 3.63) is 0 Å². The van der Waals surface area contributed by atoms with Gasteiger partial charge in [0.2, 0.25) is 0 Å². The Labute approximate surface area is 107 Å². The first-order valence-electron chi connectivity index (χ1n) is 7.82. The molecule has 100 valence electrons. The van der Waals surface area contributed by atoms with Crippen molar-refractivity contribution < 1.29 is 5.11 Å². The lowest BCUT2D eigenvalue weighted by molar-refractivity contribution is -0.132. The Bertz CT molecular complexity index is 250. The average molecular weight is 238 g/mol. The maximum Gasteiger partial charge on any atom is 0.0706 e. The molecule has 0 aliphatic heterocycles. The maximum atomic E-state index is 11.2. The summed E-state index contributed by atoms with van der Waals surface area (Å²) in [6.07, 6.45) is 10.2. The van der Waals surface area contributed by atoms with Gasteiger partial charge in [-0.25, -0.2) is 0 Å². The van der Waals surface area contributed by atoms with E-state index in [2.05, 4.69) is 20.8 Å². The third kappa shape index (κ3) is 2.41. The lowest BCUT2D eigenvalue weighted by Crippen LogP contribution is -2.52. The van der Waals surface area contributed by atoms with E-state index in [-0.39, 0.29) is 5.60 Å². The fourth-order valence-corrected chi connectivity index (χ4v) is 4.56. The Balaban J connectivity index is 2.16. The van der Waals surface area contributed by atoms with Gasteiger partial charge in [0, 0.05) is 0 Å². The third-order valence-electron chi connectivity index (χ3n) is 5.95. The molecule has 1 nitrogen and oxygen atoms in total. The van der Waals surface area contributed by atoms with Gasteiger partial charge in [-0.15, -0.1) is 0 Å². The number of aliphatic hydroxyl groups is 1. The van der Waals surface area contributed by atoms with Crippen LogP contribution in [0, 0.1) is 23.7 Å². The fraction of sp³-hybridized carbons (Fsp3) is 1.00. The Morgan fingerprint density at radius 1 is 1.06 bits per heavy atom. The van der Waals surface area contributed by atoms with Crippen molar-refractivity contribution in [3.63, 3.8) is 0 Å². The van der Waals surface area contributed by atoms with Crippen molar-refractivity contribution in [2.24, 2.45) is 23.7 Å². The third-order valence-corrected chi connectivity index (χ3v) is 5.95. The summed E-state index contributed by atoms with van der Waals surface area (Å²) in [5, 5.41) is 11.2. The smallest absolute Gasteiger partial charge is 0.0706 e. The van der Waals surface area contributed by atoms with Gasteiger partial charge >= 0.3 is 0 Å². The van der Waals surface area contributed by atoms with Crippen LogP contribution < -0.4 is 0 Å². The molecule has 0 aromatic rings. The standard InChI is InChI=1S/C16H30O/c1-4-14-9-5-6-10-15(14)16(17)11-7-8-12(2)13(16)3/h12-15,17H,4-11H2,1-3H3. The summed E-state index contributed by atoms with van der Waals surface area (Å²) in [6, 6.07) is 0. The second-order valence-corrected chi connectivity index (χ2v) is 6.71. The summed E-state index contributed by atoms with van der Waals surface area (Å²) < 4.78 is 0. The molecular formula is C16H30O. The molecule has 2 fully saturated rings. The fourth-order valence-electron chi connectivity index (χ4n) is 4.56. The molecule has 0 amide bonds. The van der Waals surface area contributed by atoms with Crippen LogP contribution >= 0.6 is 0 Å². The Hall–Kier alpha value is -0.0400. The molecule has 0 aromatic carbocycles. The maximum absolute atomic E-state index is 11.2. The van der Waals surface area contributed by atoms with E-state index in [1.807, 2.05) is 0 Å². The Morgan fingerprint density at radius 2 is 1.76 bits per heavy atom. The number of hydrogen-bond acceptors (Lipinski definition) is 1. The van der Waals surface area contributed by atoms with Crippen LogP contribution in [0.2, 0.25) is 0 Å². The molecule has 2 saturated carbocycles. The summed E-state index contributed by atoms with van der Waals surface area (Å²) >= 11 is 0. The van der Waals surface area contributed by atoms with Crippen LogP contribution in [0.1, 0.15) is 72.1 Å². The van der Waals surface area contributed by atoms with Crippen LogP contribution in [0.25, 0.3) is 0 Å². The van der Waals surface area contributed by atoms with Crippen LogP contribution in [0.5, 0.6) is 0 Å². The van der Waals surface area contributed by atoms with Crippen molar-refractivity contribution in [1.82, 2.24) is 0 Å². The SMILES string of the molecule is CCC1CCCCC1C1(O)CCCC(C)C1C. The van der Waals surface area contributed by atoms with E-state index in [4.69, 9.17) is 0 Å². The van der Waals surface area contributed by atoms with Gasteiger partial charge in [0.25, 0.3) is 0 Å². The molecule has 2 aliphatic carbocycles. The second-order valence-electron chi connectivity index (χ2n) is 6.71. The van der Waals surface area contributed by atoms with E-state index in [0.717, 1.165) is 12.3 Å². The molecule has 1 heteroatoms. The zero-order chi connectivity index (χ0) is 12.5. The average Bonchev–Trinajstić information content (AvgIpc) is 2.36. The van der Waals surface area contributed by atoms with Gasteiger partial charge in [-0.05, 0) is 36.5 Å². The normalized spacial score (nSPS) is 48.0. The molecule has 0 bridgehead atoms. The Morgan fingerprint density at radius 3 is 2.47 bits per heavy atom. The van der Waals surface area contributed by atoms with Gasteiger partial charge < -0.3 is 5.11 Å². The van der Waals surface area contributed by atoms with Gasteiger partial charge in [-0.1, -0.05) is 59.3 Å². The van der Waals surface area contributed by atoms with Crippen molar-refractivity contribution in [3.8, 4) is 0 Å². The molecule has 2 aliphatic rings. The molecule has 5 atom stereocenters. The van der Waals surface area contributed by atoms with Gasteiger partial charge in [0.05, 0.1) is 5.60 Å². The van der Waals surface area contributed by atoms with Crippen LogP contribution in [-0.4, -0.2) is 10.7 Å². The van der Waals surface area contributed by atoms with Crippen molar-refractivity contribution in [2.45, 2.75) is 77.7 Å². The van der Waals surface area contributed by atoms with Crippen LogP contribution in [0.3, 0.4) is 0 Å². The predicted octanol–water partition coefficient (Wildman–Crippen LogP) is 4.39. The summed E-state index contributed by atoms with van der Waals surface area (Å²) in [5.74, 6) is 2.56. The summed E-state index contributed by atoms with van der Waals surface area (Å²) in [7, 11) is 0. The van der Waals surface area contributed by atoms with E-state index >= 15 is 0 Å². The minimum Gasteiger partial charge on any atom is -0.389 e. The molecular weight excluding hydrogens is 208 g/mol. The highest BCUT2D eigenvalue weighted by Gasteiger charge is 2.48. The van der Waals surface area contributed by atoms with E-state index in [9.17, 15) is 5.11 Å². The summed E-state index contributed by atoms with van der Waals surface area (Å²) in [4.78, 5) is 0. The summed E-state index contributed by atoms with van der Waals surface area (Å²) in [6.45, 7) is 6.94. The minimum atomic E-state index is -0.348. The molecule has 0 heterocycles. The lowest BCUT2D eigenvalue weighted by atomic mass is 9.58. The van der Waals surface area contributed by atoms with Crippen molar-refractivity contribution in [2.75, 3.05) is 0 Å². The lowest BCUT2D eigenvalue weighted by Gasteiger charge is -2.51. The molecule has 1 N–H and O–H groups in total. The van der Waals surface area contributed by atoms with E-state index in [0.29, 0.717) is 17.8 Å².